The van der Waals surface area contributed by atoms with Gasteiger partial charge in [0, 0.05) is 18.2 Å². The first-order chi connectivity index (χ1) is 6.65. The first kappa shape index (κ1) is 10.9. The monoisotopic (exact) mass is 213 g/mol. The van der Waals surface area contributed by atoms with E-state index in [-0.39, 0.29) is 5.69 Å². The fraction of sp³-hybridized carbons (Fsp3) is 0.200. The third-order valence-corrected chi connectivity index (χ3v) is 1.78. The zero-order valence-corrected chi connectivity index (χ0v) is 8.24. The first-order valence-corrected chi connectivity index (χ1v) is 4.62. The van der Waals surface area contributed by atoms with Crippen LogP contribution in [0.1, 0.15) is 12.0 Å². The summed E-state index contributed by atoms with van der Waals surface area (Å²) in [4.78, 5) is 0. The third-order valence-electron chi connectivity index (χ3n) is 1.55. The van der Waals surface area contributed by atoms with Gasteiger partial charge >= 0.3 is 0 Å². The van der Waals surface area contributed by atoms with Crippen molar-refractivity contribution in [2.75, 3.05) is 11.5 Å². The molecular formula is C10H9F2NS. The molecule has 1 aromatic carbocycles. The van der Waals surface area contributed by atoms with Crippen LogP contribution in [0.5, 0.6) is 0 Å². The molecule has 0 unspecified atom stereocenters. The van der Waals surface area contributed by atoms with E-state index in [0.717, 1.165) is 12.1 Å². The van der Waals surface area contributed by atoms with Gasteiger partial charge in [0.1, 0.15) is 0 Å². The van der Waals surface area contributed by atoms with Gasteiger partial charge in [-0.2, -0.15) is 12.6 Å². The molecular weight excluding hydrogens is 204 g/mol. The average Bonchev–Trinajstić information content (AvgIpc) is 2.14. The molecule has 0 aliphatic carbocycles. The van der Waals surface area contributed by atoms with Gasteiger partial charge in [0.05, 0.1) is 11.3 Å². The summed E-state index contributed by atoms with van der Waals surface area (Å²) in [6, 6.07) is 1.93. The molecule has 1 aromatic rings. The molecule has 0 bridgehead atoms. The van der Waals surface area contributed by atoms with Gasteiger partial charge in [0.25, 0.3) is 0 Å². The van der Waals surface area contributed by atoms with Gasteiger partial charge in [-0.3, -0.25) is 0 Å². The van der Waals surface area contributed by atoms with Crippen LogP contribution in [0.25, 0.3) is 0 Å². The number of nitrogen functional groups attached to an aromatic ring is 1. The zero-order chi connectivity index (χ0) is 10.6. The second-order valence-electron chi connectivity index (χ2n) is 2.63. The summed E-state index contributed by atoms with van der Waals surface area (Å²) in [5.41, 5.74) is 5.90. The van der Waals surface area contributed by atoms with E-state index in [2.05, 4.69) is 24.5 Å². The molecule has 0 aromatic heterocycles. The number of thiol groups is 1. The Labute approximate surface area is 86.7 Å². The summed E-state index contributed by atoms with van der Waals surface area (Å²) >= 11 is 3.96. The second-order valence-corrected chi connectivity index (χ2v) is 3.08. The molecule has 0 saturated heterocycles. The Bertz CT molecular complexity index is 393. The van der Waals surface area contributed by atoms with Crippen molar-refractivity contribution in [1.29, 1.82) is 0 Å². The number of hydrogen-bond donors (Lipinski definition) is 2. The van der Waals surface area contributed by atoms with Gasteiger partial charge in [-0.05, 0) is 6.07 Å². The highest BCUT2D eigenvalue weighted by atomic mass is 32.1. The summed E-state index contributed by atoms with van der Waals surface area (Å²) in [6.45, 7) is 0. The quantitative estimate of drug-likeness (QED) is 0.417. The minimum atomic E-state index is -0.956. The Balaban J connectivity index is 3.00. The molecule has 0 fully saturated rings. The lowest BCUT2D eigenvalue weighted by atomic mass is 10.1. The van der Waals surface area contributed by atoms with Crippen LogP contribution in [0, 0.1) is 23.5 Å². The Morgan fingerprint density at radius 2 is 1.93 bits per heavy atom. The largest absolute Gasteiger partial charge is 0.398 e. The fourth-order valence-electron chi connectivity index (χ4n) is 0.884. The van der Waals surface area contributed by atoms with Crippen molar-refractivity contribution in [1.82, 2.24) is 0 Å². The third kappa shape index (κ3) is 2.64. The molecule has 14 heavy (non-hydrogen) atoms. The lowest BCUT2D eigenvalue weighted by Gasteiger charge is -1.98. The van der Waals surface area contributed by atoms with E-state index in [1.165, 1.54) is 0 Å². The highest BCUT2D eigenvalue weighted by Gasteiger charge is 2.05. The summed E-state index contributed by atoms with van der Waals surface area (Å²) < 4.78 is 25.4. The molecule has 0 radical (unpaired) electrons. The van der Waals surface area contributed by atoms with Gasteiger partial charge in [0.15, 0.2) is 11.6 Å². The number of rotatable bonds is 1. The molecule has 1 nitrogen and oxygen atoms in total. The predicted molar refractivity (Wildman–Crippen MR) is 56.1 cm³/mol. The van der Waals surface area contributed by atoms with E-state index in [0.29, 0.717) is 17.7 Å². The Hall–Kier alpha value is -1.21. The minimum absolute atomic E-state index is 0.149. The average molecular weight is 213 g/mol. The zero-order valence-electron chi connectivity index (χ0n) is 7.35. The summed E-state index contributed by atoms with van der Waals surface area (Å²) in [7, 11) is 0. The van der Waals surface area contributed by atoms with Crippen LogP contribution in [0.15, 0.2) is 12.1 Å². The Kier molecular flexibility index (Phi) is 3.78. The fourth-order valence-corrected chi connectivity index (χ4v) is 0.996. The highest BCUT2D eigenvalue weighted by molar-refractivity contribution is 7.80. The smallest absolute Gasteiger partial charge is 0.160 e. The predicted octanol–water partition coefficient (Wildman–Crippen LogP) is 2.22. The highest BCUT2D eigenvalue weighted by Crippen LogP contribution is 2.15. The number of halogens is 2. The van der Waals surface area contributed by atoms with Gasteiger partial charge in [-0.1, -0.05) is 11.8 Å². The molecule has 74 valence electrons. The molecule has 1 rings (SSSR count). The van der Waals surface area contributed by atoms with E-state index in [9.17, 15) is 8.78 Å². The standard InChI is InChI=1S/C10H9F2NS/c11-8-5-7(3-1-2-4-14)10(13)6-9(8)12/h5-6,14H,2,4,13H2. The first-order valence-electron chi connectivity index (χ1n) is 3.99. The summed E-state index contributed by atoms with van der Waals surface area (Å²) in [5.74, 6) is 4.12. The van der Waals surface area contributed by atoms with E-state index in [4.69, 9.17) is 5.73 Å². The van der Waals surface area contributed by atoms with Crippen molar-refractivity contribution in [2.45, 2.75) is 6.42 Å². The molecule has 2 N–H and O–H groups in total. The van der Waals surface area contributed by atoms with Crippen molar-refractivity contribution in [2.24, 2.45) is 0 Å². The topological polar surface area (TPSA) is 26.0 Å². The molecule has 0 amide bonds. The van der Waals surface area contributed by atoms with Crippen molar-refractivity contribution < 1.29 is 8.78 Å². The maximum Gasteiger partial charge on any atom is 0.160 e. The van der Waals surface area contributed by atoms with Gasteiger partial charge in [0.2, 0.25) is 0 Å². The van der Waals surface area contributed by atoms with Crippen LogP contribution in [0.2, 0.25) is 0 Å². The number of hydrogen-bond acceptors (Lipinski definition) is 2. The van der Waals surface area contributed by atoms with Crippen molar-refractivity contribution >= 4 is 18.3 Å². The molecule has 0 heterocycles. The van der Waals surface area contributed by atoms with Crippen molar-refractivity contribution in [3.63, 3.8) is 0 Å². The minimum Gasteiger partial charge on any atom is -0.398 e. The van der Waals surface area contributed by atoms with Gasteiger partial charge < -0.3 is 5.73 Å². The summed E-state index contributed by atoms with van der Waals surface area (Å²) in [6.07, 6.45) is 0.585. The molecule has 0 saturated carbocycles. The maximum atomic E-state index is 12.8. The lowest BCUT2D eigenvalue weighted by Crippen LogP contribution is -1.94. The van der Waals surface area contributed by atoms with Crippen LogP contribution in [-0.2, 0) is 0 Å². The van der Waals surface area contributed by atoms with E-state index >= 15 is 0 Å². The van der Waals surface area contributed by atoms with Crippen LogP contribution in [0.4, 0.5) is 14.5 Å². The van der Waals surface area contributed by atoms with Crippen molar-refractivity contribution in [3.8, 4) is 11.8 Å². The van der Waals surface area contributed by atoms with Crippen LogP contribution in [0.3, 0.4) is 0 Å². The SMILES string of the molecule is Nc1cc(F)c(F)cc1C#CCCS. The Morgan fingerprint density at radius 1 is 1.29 bits per heavy atom. The molecule has 4 heteroatoms. The van der Waals surface area contributed by atoms with Crippen LogP contribution < -0.4 is 5.73 Å². The normalized spacial score (nSPS) is 9.36. The van der Waals surface area contributed by atoms with Crippen LogP contribution >= 0.6 is 12.6 Å². The number of nitrogens with two attached hydrogens (primary N) is 1. The Morgan fingerprint density at radius 3 is 2.57 bits per heavy atom. The van der Waals surface area contributed by atoms with E-state index in [1.807, 2.05) is 0 Å². The number of anilines is 1. The van der Waals surface area contributed by atoms with Crippen LogP contribution in [-0.4, -0.2) is 5.75 Å². The molecule has 0 spiro atoms. The van der Waals surface area contributed by atoms with E-state index < -0.39 is 11.6 Å². The molecule has 0 atom stereocenters. The molecule has 0 aliphatic heterocycles. The van der Waals surface area contributed by atoms with Gasteiger partial charge in [-0.15, -0.1) is 0 Å². The maximum absolute atomic E-state index is 12.8. The second kappa shape index (κ2) is 4.87. The summed E-state index contributed by atoms with van der Waals surface area (Å²) in [5, 5.41) is 0. The molecule has 0 aliphatic rings. The van der Waals surface area contributed by atoms with E-state index in [1.54, 1.807) is 0 Å². The van der Waals surface area contributed by atoms with Gasteiger partial charge in [-0.25, -0.2) is 8.78 Å². The van der Waals surface area contributed by atoms with Crippen molar-refractivity contribution in [3.05, 3.63) is 29.3 Å². The number of benzene rings is 1. The lowest BCUT2D eigenvalue weighted by molar-refractivity contribution is 0.509.